The summed E-state index contributed by atoms with van der Waals surface area (Å²) >= 11 is 0. The van der Waals surface area contributed by atoms with Crippen molar-refractivity contribution in [3.05, 3.63) is 53.6 Å². The predicted octanol–water partition coefficient (Wildman–Crippen LogP) is 2.92. The monoisotopic (exact) mass is 240 g/mol. The van der Waals surface area contributed by atoms with Crippen molar-refractivity contribution in [3.63, 3.8) is 0 Å². The van der Waals surface area contributed by atoms with Gasteiger partial charge in [0.1, 0.15) is 5.75 Å². The van der Waals surface area contributed by atoms with E-state index < -0.39 is 0 Å². The van der Waals surface area contributed by atoms with E-state index in [2.05, 4.69) is 27.8 Å². The standard InChI is InChI=1S/C15H16N2O/c1-18-15-5-4-13-8-12(2-3-14(13)9-15)10-17-7-6-16-11-17/h4-9,11H,2-3,10H2,1H3. The second-order valence-electron chi connectivity index (χ2n) is 4.60. The SMILES string of the molecule is COc1ccc2c(c1)CCC(Cn1ccnc1)=C2. The van der Waals surface area contributed by atoms with Crippen LogP contribution in [0.3, 0.4) is 0 Å². The first-order valence-corrected chi connectivity index (χ1v) is 6.17. The number of imidazole rings is 1. The van der Waals surface area contributed by atoms with Gasteiger partial charge in [0.15, 0.2) is 0 Å². The van der Waals surface area contributed by atoms with Crippen molar-refractivity contribution in [1.82, 2.24) is 9.55 Å². The van der Waals surface area contributed by atoms with Crippen LogP contribution in [0.25, 0.3) is 6.08 Å². The number of rotatable bonds is 3. The third-order valence-electron chi connectivity index (χ3n) is 3.37. The van der Waals surface area contributed by atoms with Crippen molar-refractivity contribution >= 4 is 6.08 Å². The summed E-state index contributed by atoms with van der Waals surface area (Å²) in [5, 5.41) is 0. The van der Waals surface area contributed by atoms with Gasteiger partial charge in [-0.05, 0) is 41.7 Å². The summed E-state index contributed by atoms with van der Waals surface area (Å²) < 4.78 is 7.37. The van der Waals surface area contributed by atoms with Crippen molar-refractivity contribution in [1.29, 1.82) is 0 Å². The molecule has 0 spiro atoms. The Morgan fingerprint density at radius 1 is 1.33 bits per heavy atom. The number of aryl methyl sites for hydroxylation is 1. The molecule has 0 unspecified atom stereocenters. The molecule has 2 aromatic rings. The van der Waals surface area contributed by atoms with Crippen molar-refractivity contribution in [2.75, 3.05) is 7.11 Å². The number of nitrogens with zero attached hydrogens (tertiary/aromatic N) is 2. The first-order chi connectivity index (χ1) is 8.85. The Bertz CT molecular complexity index is 570. The van der Waals surface area contributed by atoms with Crippen molar-refractivity contribution in [2.24, 2.45) is 0 Å². The number of methoxy groups -OCH3 is 1. The summed E-state index contributed by atoms with van der Waals surface area (Å²) in [5.41, 5.74) is 4.14. The van der Waals surface area contributed by atoms with E-state index in [9.17, 15) is 0 Å². The minimum atomic E-state index is 0.936. The summed E-state index contributed by atoms with van der Waals surface area (Å²) in [6.07, 6.45) is 10.2. The molecule has 0 fully saturated rings. The number of fused-ring (bicyclic) bond motifs is 1. The van der Waals surface area contributed by atoms with Gasteiger partial charge in [-0.2, -0.15) is 0 Å². The second-order valence-corrected chi connectivity index (χ2v) is 4.60. The summed E-state index contributed by atoms with van der Waals surface area (Å²) in [6, 6.07) is 6.30. The van der Waals surface area contributed by atoms with Crippen LogP contribution < -0.4 is 4.74 Å². The van der Waals surface area contributed by atoms with Gasteiger partial charge in [0.2, 0.25) is 0 Å². The quantitative estimate of drug-likeness (QED) is 0.824. The molecule has 0 atom stereocenters. The van der Waals surface area contributed by atoms with E-state index in [0.29, 0.717) is 0 Å². The zero-order valence-corrected chi connectivity index (χ0v) is 10.5. The normalized spacial score (nSPS) is 13.9. The number of benzene rings is 1. The average molecular weight is 240 g/mol. The molecule has 1 heterocycles. The van der Waals surface area contributed by atoms with Crippen LogP contribution in [-0.4, -0.2) is 16.7 Å². The molecule has 3 nitrogen and oxygen atoms in total. The van der Waals surface area contributed by atoms with Crippen LogP contribution in [-0.2, 0) is 13.0 Å². The van der Waals surface area contributed by atoms with E-state index in [4.69, 9.17) is 4.74 Å². The minimum absolute atomic E-state index is 0.936. The van der Waals surface area contributed by atoms with Crippen LogP contribution in [0.5, 0.6) is 5.75 Å². The first kappa shape index (κ1) is 11.1. The lowest BCUT2D eigenvalue weighted by Gasteiger charge is -2.17. The molecule has 1 aliphatic carbocycles. The lowest BCUT2D eigenvalue weighted by Crippen LogP contribution is -2.05. The maximum atomic E-state index is 5.26. The molecular weight excluding hydrogens is 224 g/mol. The van der Waals surface area contributed by atoms with E-state index in [1.165, 1.54) is 16.7 Å². The van der Waals surface area contributed by atoms with Crippen molar-refractivity contribution in [2.45, 2.75) is 19.4 Å². The number of hydrogen-bond donors (Lipinski definition) is 0. The number of aromatic nitrogens is 2. The van der Waals surface area contributed by atoms with Crippen LogP contribution in [0.15, 0.2) is 42.5 Å². The highest BCUT2D eigenvalue weighted by molar-refractivity contribution is 5.60. The van der Waals surface area contributed by atoms with Crippen molar-refractivity contribution < 1.29 is 4.74 Å². The summed E-state index contributed by atoms with van der Waals surface area (Å²) in [6.45, 7) is 0.936. The van der Waals surface area contributed by atoms with Crippen molar-refractivity contribution in [3.8, 4) is 5.75 Å². The molecule has 0 bridgehead atoms. The van der Waals surface area contributed by atoms with E-state index >= 15 is 0 Å². The fourth-order valence-corrected chi connectivity index (χ4v) is 2.39. The van der Waals surface area contributed by atoms with Crippen LogP contribution in [0.2, 0.25) is 0 Å². The van der Waals surface area contributed by atoms with Gasteiger partial charge in [-0.15, -0.1) is 0 Å². The minimum Gasteiger partial charge on any atom is -0.497 e. The summed E-state index contributed by atoms with van der Waals surface area (Å²) in [5.74, 6) is 0.945. The molecule has 18 heavy (non-hydrogen) atoms. The lowest BCUT2D eigenvalue weighted by atomic mass is 9.92. The Kier molecular flexibility index (Phi) is 2.89. The molecule has 1 aromatic heterocycles. The van der Waals surface area contributed by atoms with Crippen LogP contribution in [0, 0.1) is 0 Å². The second kappa shape index (κ2) is 4.69. The maximum absolute atomic E-state index is 5.26. The van der Waals surface area contributed by atoms with E-state index in [1.807, 2.05) is 24.8 Å². The highest BCUT2D eigenvalue weighted by Gasteiger charge is 2.11. The Balaban J connectivity index is 1.85. The zero-order chi connectivity index (χ0) is 12.4. The van der Waals surface area contributed by atoms with Gasteiger partial charge in [-0.25, -0.2) is 4.98 Å². The fourth-order valence-electron chi connectivity index (χ4n) is 2.39. The van der Waals surface area contributed by atoms with Gasteiger partial charge in [-0.1, -0.05) is 12.1 Å². The Labute approximate surface area is 107 Å². The average Bonchev–Trinajstić information content (AvgIpc) is 2.91. The third-order valence-corrected chi connectivity index (χ3v) is 3.37. The van der Waals surface area contributed by atoms with E-state index in [1.54, 1.807) is 7.11 Å². The molecule has 0 N–H and O–H groups in total. The molecular formula is C15H16N2O. The molecule has 1 aromatic carbocycles. The lowest BCUT2D eigenvalue weighted by molar-refractivity contribution is 0.414. The maximum Gasteiger partial charge on any atom is 0.119 e. The fraction of sp³-hybridized carbons (Fsp3) is 0.267. The Hall–Kier alpha value is -2.03. The summed E-state index contributed by atoms with van der Waals surface area (Å²) in [4.78, 5) is 4.07. The highest BCUT2D eigenvalue weighted by Crippen LogP contribution is 2.27. The number of allylic oxidation sites excluding steroid dienone is 1. The topological polar surface area (TPSA) is 27.1 Å². The first-order valence-electron chi connectivity index (χ1n) is 6.17. The van der Waals surface area contributed by atoms with Crippen LogP contribution >= 0.6 is 0 Å². The van der Waals surface area contributed by atoms with Gasteiger partial charge in [0.05, 0.1) is 13.4 Å². The molecule has 92 valence electrons. The van der Waals surface area contributed by atoms with Gasteiger partial charge in [0, 0.05) is 18.9 Å². The molecule has 3 heteroatoms. The van der Waals surface area contributed by atoms with Gasteiger partial charge < -0.3 is 9.30 Å². The Morgan fingerprint density at radius 2 is 2.28 bits per heavy atom. The number of ether oxygens (including phenoxy) is 1. The van der Waals surface area contributed by atoms with Crippen LogP contribution in [0.4, 0.5) is 0 Å². The van der Waals surface area contributed by atoms with Gasteiger partial charge >= 0.3 is 0 Å². The molecule has 0 saturated heterocycles. The van der Waals surface area contributed by atoms with E-state index in [-0.39, 0.29) is 0 Å². The smallest absolute Gasteiger partial charge is 0.119 e. The van der Waals surface area contributed by atoms with Gasteiger partial charge in [-0.3, -0.25) is 0 Å². The molecule has 0 saturated carbocycles. The Morgan fingerprint density at radius 3 is 3.06 bits per heavy atom. The molecule has 3 rings (SSSR count). The largest absolute Gasteiger partial charge is 0.497 e. The predicted molar refractivity (Wildman–Crippen MR) is 71.5 cm³/mol. The van der Waals surface area contributed by atoms with Gasteiger partial charge in [0.25, 0.3) is 0 Å². The number of hydrogen-bond acceptors (Lipinski definition) is 2. The van der Waals surface area contributed by atoms with E-state index in [0.717, 1.165) is 25.1 Å². The highest BCUT2D eigenvalue weighted by atomic mass is 16.5. The molecule has 0 aliphatic heterocycles. The summed E-state index contributed by atoms with van der Waals surface area (Å²) in [7, 11) is 1.71. The third kappa shape index (κ3) is 2.16. The molecule has 0 amide bonds. The zero-order valence-electron chi connectivity index (χ0n) is 10.5. The van der Waals surface area contributed by atoms with Crippen LogP contribution in [0.1, 0.15) is 17.5 Å². The molecule has 1 aliphatic rings. The molecule has 0 radical (unpaired) electrons.